The highest BCUT2D eigenvalue weighted by molar-refractivity contribution is 6.34. The zero-order valence-corrected chi connectivity index (χ0v) is 17.1. The highest BCUT2D eigenvalue weighted by atomic mass is 16.5. The largest absolute Gasteiger partial charge is 0.491 e. The molecule has 0 aromatic heterocycles. The molecule has 3 aromatic rings. The van der Waals surface area contributed by atoms with Crippen LogP contribution in [0, 0.1) is 0 Å². The Morgan fingerprint density at radius 3 is 2.29 bits per heavy atom. The number of ether oxygens (including phenoxy) is 1. The third-order valence-electron chi connectivity index (χ3n) is 5.05. The topological polar surface area (TPSA) is 75.7 Å². The van der Waals surface area contributed by atoms with Crippen molar-refractivity contribution in [1.82, 2.24) is 0 Å². The molecule has 3 amide bonds. The standard InChI is InChI=1S/C25H22N2O4/c1-2-3-15-31-22-14-7-6-13-21(22)26-23(28)17-9-8-10-18(16-17)27-24(29)19-11-4-5-12-20(19)25(27)30/h4-14,16H,2-3,15H2,1H3,(H,26,28). The minimum absolute atomic E-state index is 0.331. The zero-order chi connectivity index (χ0) is 21.8. The van der Waals surface area contributed by atoms with Crippen LogP contribution < -0.4 is 15.0 Å². The SMILES string of the molecule is CCCCOc1ccccc1NC(=O)c1cccc(N2C(=O)c3ccccc3C2=O)c1. The minimum atomic E-state index is -0.396. The number of unbranched alkanes of at least 4 members (excludes halogenated alkanes) is 1. The molecule has 3 aromatic carbocycles. The van der Waals surface area contributed by atoms with Crippen molar-refractivity contribution in [1.29, 1.82) is 0 Å². The lowest BCUT2D eigenvalue weighted by atomic mass is 10.1. The molecule has 0 bridgehead atoms. The predicted octanol–water partition coefficient (Wildman–Crippen LogP) is 4.92. The first-order valence-corrected chi connectivity index (χ1v) is 10.2. The molecule has 0 atom stereocenters. The van der Waals surface area contributed by atoms with Crippen molar-refractivity contribution >= 4 is 29.1 Å². The van der Waals surface area contributed by atoms with Crippen molar-refractivity contribution < 1.29 is 19.1 Å². The Morgan fingerprint density at radius 1 is 0.903 bits per heavy atom. The van der Waals surface area contributed by atoms with E-state index in [1.165, 1.54) is 6.07 Å². The van der Waals surface area contributed by atoms with Gasteiger partial charge < -0.3 is 10.1 Å². The van der Waals surface area contributed by atoms with Gasteiger partial charge in [-0.3, -0.25) is 14.4 Å². The summed E-state index contributed by atoms with van der Waals surface area (Å²) >= 11 is 0. The van der Waals surface area contributed by atoms with Crippen molar-refractivity contribution in [2.75, 3.05) is 16.8 Å². The number of carbonyl (C=O) groups excluding carboxylic acids is 3. The maximum Gasteiger partial charge on any atom is 0.266 e. The van der Waals surface area contributed by atoms with Gasteiger partial charge in [-0.25, -0.2) is 4.90 Å². The van der Waals surface area contributed by atoms with E-state index in [2.05, 4.69) is 12.2 Å². The monoisotopic (exact) mass is 414 g/mol. The van der Waals surface area contributed by atoms with Gasteiger partial charge in [-0.15, -0.1) is 0 Å². The second kappa shape index (κ2) is 8.83. The molecule has 1 aliphatic rings. The van der Waals surface area contributed by atoms with E-state index in [1.54, 1.807) is 54.6 Å². The van der Waals surface area contributed by atoms with Gasteiger partial charge in [0.1, 0.15) is 5.75 Å². The van der Waals surface area contributed by atoms with Crippen molar-refractivity contribution in [3.05, 3.63) is 89.5 Å². The summed E-state index contributed by atoms with van der Waals surface area (Å²) in [5.74, 6) is -0.550. The van der Waals surface area contributed by atoms with Gasteiger partial charge in [-0.1, -0.05) is 43.7 Å². The smallest absolute Gasteiger partial charge is 0.266 e. The second-order valence-electron chi connectivity index (χ2n) is 7.19. The number of imide groups is 1. The number of nitrogens with one attached hydrogen (secondary N) is 1. The van der Waals surface area contributed by atoms with Gasteiger partial charge in [-0.05, 0) is 48.9 Å². The fourth-order valence-electron chi connectivity index (χ4n) is 3.43. The van der Waals surface area contributed by atoms with Crippen LogP contribution in [0.4, 0.5) is 11.4 Å². The lowest BCUT2D eigenvalue weighted by molar-refractivity contribution is 0.0924. The van der Waals surface area contributed by atoms with Gasteiger partial charge in [0.2, 0.25) is 0 Å². The molecule has 1 heterocycles. The molecule has 0 radical (unpaired) electrons. The van der Waals surface area contributed by atoms with Crippen molar-refractivity contribution in [3.8, 4) is 5.75 Å². The van der Waals surface area contributed by atoms with Crippen molar-refractivity contribution in [2.24, 2.45) is 0 Å². The molecule has 31 heavy (non-hydrogen) atoms. The Kier molecular flexibility index (Phi) is 5.80. The van der Waals surface area contributed by atoms with Crippen LogP contribution >= 0.6 is 0 Å². The fourth-order valence-corrected chi connectivity index (χ4v) is 3.43. The molecule has 0 spiro atoms. The maximum absolute atomic E-state index is 12.9. The Hall–Kier alpha value is -3.93. The second-order valence-corrected chi connectivity index (χ2v) is 7.19. The van der Waals surface area contributed by atoms with Crippen molar-refractivity contribution in [2.45, 2.75) is 19.8 Å². The average molecular weight is 414 g/mol. The van der Waals surface area contributed by atoms with Crippen LogP contribution in [0.15, 0.2) is 72.8 Å². The highest BCUT2D eigenvalue weighted by Crippen LogP contribution is 2.29. The van der Waals surface area contributed by atoms with Gasteiger partial charge in [0.25, 0.3) is 17.7 Å². The fraction of sp³-hybridized carbons (Fsp3) is 0.160. The van der Waals surface area contributed by atoms with Gasteiger partial charge in [0, 0.05) is 5.56 Å². The lowest BCUT2D eigenvalue weighted by Crippen LogP contribution is -2.29. The number of nitrogens with zero attached hydrogens (tertiary/aromatic N) is 1. The first-order chi connectivity index (χ1) is 15.1. The summed E-state index contributed by atoms with van der Waals surface area (Å²) in [7, 11) is 0. The summed E-state index contributed by atoms with van der Waals surface area (Å²) in [4.78, 5) is 39.5. The van der Waals surface area contributed by atoms with E-state index >= 15 is 0 Å². The number of anilines is 2. The van der Waals surface area contributed by atoms with Crippen LogP contribution in [-0.2, 0) is 0 Å². The summed E-state index contributed by atoms with van der Waals surface area (Å²) < 4.78 is 5.77. The summed E-state index contributed by atoms with van der Waals surface area (Å²) in [5, 5.41) is 2.86. The lowest BCUT2D eigenvalue weighted by Gasteiger charge is -2.16. The number of fused-ring (bicyclic) bond motifs is 1. The van der Waals surface area contributed by atoms with Crippen LogP contribution in [0.5, 0.6) is 5.75 Å². The summed E-state index contributed by atoms with van der Waals surface area (Å²) in [6.07, 6.45) is 1.93. The Morgan fingerprint density at radius 2 is 1.58 bits per heavy atom. The number of para-hydroxylation sites is 2. The first kappa shape index (κ1) is 20.3. The molecular formula is C25H22N2O4. The van der Waals surface area contributed by atoms with E-state index in [-0.39, 0.29) is 5.91 Å². The quantitative estimate of drug-likeness (QED) is 0.440. The van der Waals surface area contributed by atoms with Gasteiger partial charge in [0.15, 0.2) is 0 Å². The third-order valence-corrected chi connectivity index (χ3v) is 5.05. The van der Waals surface area contributed by atoms with E-state index < -0.39 is 11.8 Å². The Labute approximate surface area is 180 Å². The van der Waals surface area contributed by atoms with E-state index in [0.29, 0.717) is 40.4 Å². The van der Waals surface area contributed by atoms with Gasteiger partial charge in [0.05, 0.1) is 29.1 Å². The zero-order valence-electron chi connectivity index (χ0n) is 17.1. The molecule has 6 nitrogen and oxygen atoms in total. The molecule has 156 valence electrons. The molecule has 0 aliphatic carbocycles. The molecule has 0 fully saturated rings. The number of benzene rings is 3. The van der Waals surface area contributed by atoms with E-state index in [9.17, 15) is 14.4 Å². The molecule has 6 heteroatoms. The molecule has 0 unspecified atom stereocenters. The first-order valence-electron chi connectivity index (χ1n) is 10.2. The Balaban J connectivity index is 1.55. The number of rotatable bonds is 7. The van der Waals surface area contributed by atoms with E-state index in [1.807, 2.05) is 12.1 Å². The summed E-state index contributed by atoms with van der Waals surface area (Å²) in [5.41, 5.74) is 1.97. The normalized spacial score (nSPS) is 12.6. The van der Waals surface area contributed by atoms with Crippen LogP contribution in [0.2, 0.25) is 0 Å². The van der Waals surface area contributed by atoms with Crippen LogP contribution in [0.1, 0.15) is 50.8 Å². The van der Waals surface area contributed by atoms with Crippen molar-refractivity contribution in [3.63, 3.8) is 0 Å². The average Bonchev–Trinajstić information content (AvgIpc) is 3.05. The summed E-state index contributed by atoms with van der Waals surface area (Å²) in [6, 6.07) is 20.4. The van der Waals surface area contributed by atoms with Crippen LogP contribution in [0.25, 0.3) is 0 Å². The molecule has 4 rings (SSSR count). The number of hydrogen-bond donors (Lipinski definition) is 1. The number of hydrogen-bond acceptors (Lipinski definition) is 4. The molecule has 0 saturated heterocycles. The minimum Gasteiger partial charge on any atom is -0.491 e. The maximum atomic E-state index is 12.9. The predicted molar refractivity (Wildman–Crippen MR) is 119 cm³/mol. The van der Waals surface area contributed by atoms with E-state index in [4.69, 9.17) is 4.74 Å². The Bertz CT molecular complexity index is 1120. The molecule has 1 N–H and O–H groups in total. The molecule has 0 saturated carbocycles. The summed E-state index contributed by atoms with van der Waals surface area (Å²) in [6.45, 7) is 2.65. The number of amides is 3. The molecular weight excluding hydrogens is 392 g/mol. The van der Waals surface area contributed by atoms with Crippen LogP contribution in [-0.4, -0.2) is 24.3 Å². The van der Waals surface area contributed by atoms with Gasteiger partial charge >= 0.3 is 0 Å². The van der Waals surface area contributed by atoms with E-state index in [0.717, 1.165) is 17.7 Å². The third kappa shape index (κ3) is 4.05. The molecule has 1 aliphatic heterocycles. The number of carbonyl (C=O) groups is 3. The highest BCUT2D eigenvalue weighted by Gasteiger charge is 2.36. The van der Waals surface area contributed by atoms with Gasteiger partial charge in [-0.2, -0.15) is 0 Å². The van der Waals surface area contributed by atoms with Crippen LogP contribution in [0.3, 0.4) is 0 Å².